The monoisotopic (exact) mass is 615 g/mol. The summed E-state index contributed by atoms with van der Waals surface area (Å²) in [4.78, 5) is 2.40. The highest BCUT2D eigenvalue weighted by Crippen LogP contribution is 2.52. The Bertz CT molecular complexity index is 2490. The molecule has 0 spiro atoms. The molecule has 0 saturated carbocycles. The molecule has 8 aromatic carbocycles. The van der Waals surface area contributed by atoms with Gasteiger partial charge in [0.25, 0.3) is 0 Å². The van der Waals surface area contributed by atoms with Crippen molar-refractivity contribution in [1.29, 1.82) is 0 Å². The number of fused-ring (bicyclic) bond motifs is 9. The molecule has 0 aromatic heterocycles. The Labute approximate surface area is 282 Å². The number of hydrogen-bond acceptors (Lipinski definition) is 1. The van der Waals surface area contributed by atoms with Crippen molar-refractivity contribution in [2.45, 2.75) is 33.1 Å². The van der Waals surface area contributed by atoms with E-state index in [-0.39, 0.29) is 5.41 Å². The summed E-state index contributed by atoms with van der Waals surface area (Å²) in [6.07, 6.45) is 0. The minimum Gasteiger partial charge on any atom is -0.310 e. The lowest BCUT2D eigenvalue weighted by molar-refractivity contribution is 0.660. The molecule has 0 N–H and O–H groups in total. The Morgan fingerprint density at radius 2 is 0.833 bits per heavy atom. The summed E-state index contributed by atoms with van der Waals surface area (Å²) in [5.41, 5.74) is 13.8. The zero-order chi connectivity index (χ0) is 32.6. The average Bonchev–Trinajstić information content (AvgIpc) is 3.33. The Kier molecular flexibility index (Phi) is 6.36. The van der Waals surface area contributed by atoms with Crippen molar-refractivity contribution in [3.8, 4) is 22.3 Å². The number of benzene rings is 8. The molecule has 1 heteroatoms. The van der Waals surface area contributed by atoms with E-state index in [1.165, 1.54) is 93.9 Å². The van der Waals surface area contributed by atoms with Gasteiger partial charge >= 0.3 is 0 Å². The Morgan fingerprint density at radius 1 is 0.375 bits per heavy atom. The van der Waals surface area contributed by atoms with Crippen molar-refractivity contribution in [2.75, 3.05) is 4.90 Å². The second-order valence-corrected chi connectivity index (χ2v) is 14.0. The molecule has 0 aliphatic heterocycles. The van der Waals surface area contributed by atoms with Crippen LogP contribution in [0.25, 0.3) is 54.6 Å². The third-order valence-corrected chi connectivity index (χ3v) is 10.5. The molecule has 0 heterocycles. The van der Waals surface area contributed by atoms with Gasteiger partial charge in [0.05, 0.1) is 0 Å². The number of hydrogen-bond donors (Lipinski definition) is 0. The fraction of sp³-hybridized carbons (Fsp3) is 0.106. The van der Waals surface area contributed by atoms with E-state index in [0.717, 1.165) is 0 Å². The highest BCUT2D eigenvalue weighted by Gasteiger charge is 2.36. The van der Waals surface area contributed by atoms with Gasteiger partial charge in [-0.05, 0) is 139 Å². The van der Waals surface area contributed by atoms with Crippen molar-refractivity contribution in [2.24, 2.45) is 0 Å². The lowest BCUT2D eigenvalue weighted by Gasteiger charge is -2.28. The van der Waals surface area contributed by atoms with Crippen LogP contribution >= 0.6 is 0 Å². The van der Waals surface area contributed by atoms with Crippen LogP contribution in [0.1, 0.15) is 36.1 Å². The summed E-state index contributed by atoms with van der Waals surface area (Å²) in [6.45, 7) is 9.10. The van der Waals surface area contributed by atoms with E-state index in [1.54, 1.807) is 0 Å². The third-order valence-electron chi connectivity index (χ3n) is 10.5. The minimum atomic E-state index is -0.151. The molecule has 48 heavy (non-hydrogen) atoms. The molecule has 1 aliphatic carbocycles. The molecular weight excluding hydrogens is 579 g/mol. The van der Waals surface area contributed by atoms with Crippen molar-refractivity contribution in [3.63, 3.8) is 0 Å². The van der Waals surface area contributed by atoms with Gasteiger partial charge in [-0.25, -0.2) is 0 Å². The van der Waals surface area contributed by atoms with Gasteiger partial charge in [-0.2, -0.15) is 0 Å². The van der Waals surface area contributed by atoms with Gasteiger partial charge < -0.3 is 4.90 Å². The molecule has 9 rings (SSSR count). The lowest BCUT2D eigenvalue weighted by Crippen LogP contribution is -2.16. The minimum absolute atomic E-state index is 0.151. The number of anilines is 3. The Balaban J connectivity index is 1.16. The largest absolute Gasteiger partial charge is 0.310 e. The summed E-state index contributed by atoms with van der Waals surface area (Å²) in [5, 5.41) is 7.85. The molecule has 1 aliphatic rings. The summed E-state index contributed by atoms with van der Waals surface area (Å²) in [6, 6.07) is 56.4. The molecular formula is C47H37N. The first kappa shape index (κ1) is 28.6. The van der Waals surface area contributed by atoms with Gasteiger partial charge in [-0.3, -0.25) is 0 Å². The SMILES string of the molecule is Cc1cccc(N(c2cccc(C)c2)c2ccc3c(c2)C(C)(C)c2cc(-c4ccc5c6ccccc6c6ccccc6c5c4)ccc2-3)c1. The van der Waals surface area contributed by atoms with E-state index in [9.17, 15) is 0 Å². The second-order valence-electron chi connectivity index (χ2n) is 14.0. The van der Waals surface area contributed by atoms with Gasteiger partial charge in [0.1, 0.15) is 0 Å². The molecule has 230 valence electrons. The van der Waals surface area contributed by atoms with Crippen molar-refractivity contribution in [3.05, 3.63) is 174 Å². The molecule has 0 fully saturated rings. The molecule has 0 bridgehead atoms. The number of rotatable bonds is 4. The van der Waals surface area contributed by atoms with Crippen LogP contribution in [0, 0.1) is 13.8 Å². The van der Waals surface area contributed by atoms with Crippen LogP contribution in [0.3, 0.4) is 0 Å². The summed E-state index contributed by atoms with van der Waals surface area (Å²) >= 11 is 0. The number of nitrogens with zero attached hydrogens (tertiary/aromatic N) is 1. The summed E-state index contributed by atoms with van der Waals surface area (Å²) < 4.78 is 0. The summed E-state index contributed by atoms with van der Waals surface area (Å²) in [5.74, 6) is 0. The average molecular weight is 616 g/mol. The Morgan fingerprint density at radius 3 is 1.42 bits per heavy atom. The van der Waals surface area contributed by atoms with Crippen molar-refractivity contribution < 1.29 is 0 Å². The second kappa shape index (κ2) is 10.7. The maximum absolute atomic E-state index is 2.44. The van der Waals surface area contributed by atoms with Gasteiger partial charge in [0.2, 0.25) is 0 Å². The Hall–Kier alpha value is -5.66. The van der Waals surface area contributed by atoms with Gasteiger partial charge in [0, 0.05) is 22.5 Å². The molecule has 1 nitrogen and oxygen atoms in total. The van der Waals surface area contributed by atoms with Crippen molar-refractivity contribution in [1.82, 2.24) is 0 Å². The van der Waals surface area contributed by atoms with Crippen LogP contribution in [0.5, 0.6) is 0 Å². The lowest BCUT2D eigenvalue weighted by atomic mass is 9.81. The molecule has 0 radical (unpaired) electrons. The summed E-state index contributed by atoms with van der Waals surface area (Å²) in [7, 11) is 0. The quantitative estimate of drug-likeness (QED) is 0.178. The molecule has 8 aromatic rings. The zero-order valence-electron chi connectivity index (χ0n) is 27.9. The van der Waals surface area contributed by atoms with Crippen LogP contribution in [-0.2, 0) is 5.41 Å². The maximum Gasteiger partial charge on any atom is 0.0465 e. The van der Waals surface area contributed by atoms with Gasteiger partial charge in [-0.15, -0.1) is 0 Å². The normalized spacial score (nSPS) is 13.2. The molecule has 0 saturated heterocycles. The topological polar surface area (TPSA) is 3.24 Å². The first-order valence-corrected chi connectivity index (χ1v) is 16.9. The first-order chi connectivity index (χ1) is 23.4. The molecule has 0 amide bonds. The van der Waals surface area contributed by atoms with E-state index >= 15 is 0 Å². The van der Waals surface area contributed by atoms with E-state index < -0.39 is 0 Å². The fourth-order valence-corrected chi connectivity index (χ4v) is 8.11. The van der Waals surface area contributed by atoms with Gasteiger partial charge in [-0.1, -0.05) is 117 Å². The van der Waals surface area contributed by atoms with E-state index in [1.807, 2.05) is 0 Å². The van der Waals surface area contributed by atoms with Crippen LogP contribution in [-0.4, -0.2) is 0 Å². The standard InChI is InChI=1S/C47H37N/c1-30-11-9-13-34(25-30)48(35-14-10-12-31(2)26-35)36-21-24-43-42-23-20-33(28-45(42)47(3,4)46(43)29-36)32-19-22-41-39-17-6-5-15-37(39)38-16-7-8-18-40(38)44(41)27-32/h5-29H,1-4H3. The van der Waals surface area contributed by atoms with Crippen molar-refractivity contribution >= 4 is 49.4 Å². The third kappa shape index (κ3) is 4.38. The van der Waals surface area contributed by atoms with Crippen LogP contribution < -0.4 is 4.90 Å². The van der Waals surface area contributed by atoms with Crippen LogP contribution in [0.2, 0.25) is 0 Å². The fourth-order valence-electron chi connectivity index (χ4n) is 8.11. The van der Waals surface area contributed by atoms with E-state index in [2.05, 4.69) is 184 Å². The predicted octanol–water partition coefficient (Wildman–Crippen LogP) is 13.2. The molecule has 0 unspecified atom stereocenters. The maximum atomic E-state index is 2.44. The molecule has 0 atom stereocenters. The highest BCUT2D eigenvalue weighted by molar-refractivity contribution is 6.25. The van der Waals surface area contributed by atoms with E-state index in [0.29, 0.717) is 0 Å². The highest BCUT2D eigenvalue weighted by atomic mass is 15.1. The predicted molar refractivity (Wildman–Crippen MR) is 206 cm³/mol. The first-order valence-electron chi connectivity index (χ1n) is 16.9. The van der Waals surface area contributed by atoms with Crippen LogP contribution in [0.15, 0.2) is 152 Å². The smallest absolute Gasteiger partial charge is 0.0465 e. The van der Waals surface area contributed by atoms with E-state index in [4.69, 9.17) is 0 Å². The van der Waals surface area contributed by atoms with Crippen LogP contribution in [0.4, 0.5) is 17.1 Å². The zero-order valence-corrected chi connectivity index (χ0v) is 27.9. The van der Waals surface area contributed by atoms with Gasteiger partial charge in [0.15, 0.2) is 0 Å². The number of aryl methyl sites for hydroxylation is 2.